The molecule has 0 aliphatic carbocycles. The molecule has 8 heteroatoms. The van der Waals surface area contributed by atoms with Crippen LogP contribution in [0.3, 0.4) is 0 Å². The third-order valence-corrected chi connectivity index (χ3v) is 3.34. The van der Waals surface area contributed by atoms with Gasteiger partial charge in [-0.25, -0.2) is 0 Å². The summed E-state index contributed by atoms with van der Waals surface area (Å²) in [6, 6.07) is 3.51. The van der Waals surface area contributed by atoms with Crippen molar-refractivity contribution >= 4 is 24.2 Å². The van der Waals surface area contributed by atoms with Crippen LogP contribution in [0.15, 0.2) is 18.2 Å². The maximum Gasteiger partial charge on any atom is 0.488 e. The van der Waals surface area contributed by atoms with Gasteiger partial charge in [0.05, 0.1) is 4.92 Å². The van der Waals surface area contributed by atoms with E-state index in [0.717, 1.165) is 25.3 Å². The van der Waals surface area contributed by atoms with E-state index in [1.807, 2.05) is 0 Å². The molecule has 1 fully saturated rings. The second-order valence-electron chi connectivity index (χ2n) is 4.80. The molecule has 20 heavy (non-hydrogen) atoms. The fraction of sp³-hybridized carbons (Fsp3) is 0.417. The first-order chi connectivity index (χ1) is 9.49. The fourth-order valence-electron chi connectivity index (χ4n) is 2.29. The molecule has 106 valence electrons. The zero-order valence-corrected chi connectivity index (χ0v) is 10.9. The van der Waals surface area contributed by atoms with Crippen LogP contribution in [0.5, 0.6) is 0 Å². The summed E-state index contributed by atoms with van der Waals surface area (Å²) in [4.78, 5) is 24.1. The van der Waals surface area contributed by atoms with Crippen molar-refractivity contribution in [3.63, 3.8) is 0 Å². The Kier molecular flexibility index (Phi) is 4.36. The average molecular weight is 278 g/mol. The zero-order chi connectivity index (χ0) is 14.7. The van der Waals surface area contributed by atoms with Crippen LogP contribution in [0.2, 0.25) is 0 Å². The van der Waals surface area contributed by atoms with E-state index >= 15 is 0 Å². The highest BCUT2D eigenvalue weighted by Crippen LogP contribution is 2.17. The van der Waals surface area contributed by atoms with Crippen LogP contribution in [0.4, 0.5) is 5.69 Å². The number of nitro groups is 1. The van der Waals surface area contributed by atoms with E-state index in [2.05, 4.69) is 0 Å². The Hall–Kier alpha value is -1.93. The van der Waals surface area contributed by atoms with Gasteiger partial charge in [0, 0.05) is 30.8 Å². The number of amides is 1. The standard InChI is InChI=1S/C12H15BN2O5/c16-12(14-4-2-1-3-5-14)9-6-10(13(17)18)8-11(7-9)15(19)20/h6-8,17-18H,1-5H2. The van der Waals surface area contributed by atoms with Crippen molar-refractivity contribution in [1.82, 2.24) is 4.90 Å². The third kappa shape index (κ3) is 3.15. The molecule has 1 aromatic rings. The summed E-state index contributed by atoms with van der Waals surface area (Å²) >= 11 is 0. The summed E-state index contributed by atoms with van der Waals surface area (Å²) in [7, 11) is -1.84. The minimum absolute atomic E-state index is 0.0560. The SMILES string of the molecule is O=C(c1cc(B(O)O)cc([N+](=O)[O-])c1)N1CCCCC1. The van der Waals surface area contributed by atoms with Gasteiger partial charge in [0.2, 0.25) is 0 Å². The number of benzene rings is 1. The molecule has 0 aromatic heterocycles. The van der Waals surface area contributed by atoms with E-state index in [4.69, 9.17) is 10.0 Å². The van der Waals surface area contributed by atoms with Crippen LogP contribution in [0.1, 0.15) is 29.6 Å². The number of carbonyl (C=O) groups is 1. The molecular weight excluding hydrogens is 263 g/mol. The lowest BCUT2D eigenvalue weighted by Crippen LogP contribution is -2.37. The molecule has 7 nitrogen and oxygen atoms in total. The van der Waals surface area contributed by atoms with Gasteiger partial charge in [-0.3, -0.25) is 14.9 Å². The third-order valence-electron chi connectivity index (χ3n) is 3.34. The smallest absolute Gasteiger partial charge is 0.423 e. The number of non-ortho nitro benzene ring substituents is 1. The van der Waals surface area contributed by atoms with Crippen molar-refractivity contribution in [1.29, 1.82) is 0 Å². The normalized spacial score (nSPS) is 15.0. The van der Waals surface area contributed by atoms with Gasteiger partial charge < -0.3 is 14.9 Å². The van der Waals surface area contributed by atoms with Crippen LogP contribution < -0.4 is 5.46 Å². The van der Waals surface area contributed by atoms with Crippen molar-refractivity contribution in [2.24, 2.45) is 0 Å². The molecule has 1 aliphatic heterocycles. The molecule has 0 saturated carbocycles. The highest BCUT2D eigenvalue weighted by molar-refractivity contribution is 6.58. The second kappa shape index (κ2) is 6.02. The van der Waals surface area contributed by atoms with E-state index in [1.165, 1.54) is 12.1 Å². The second-order valence-corrected chi connectivity index (χ2v) is 4.80. The lowest BCUT2D eigenvalue weighted by molar-refractivity contribution is -0.384. The topological polar surface area (TPSA) is 104 Å². The lowest BCUT2D eigenvalue weighted by Gasteiger charge is -2.26. The predicted octanol–water partition coefficient (Wildman–Crippen LogP) is -0.0993. The number of nitro benzene ring substituents is 1. The number of carbonyl (C=O) groups excluding carboxylic acids is 1. The maximum atomic E-state index is 12.3. The van der Waals surface area contributed by atoms with Crippen LogP contribution in [0.25, 0.3) is 0 Å². The predicted molar refractivity (Wildman–Crippen MR) is 72.7 cm³/mol. The van der Waals surface area contributed by atoms with Crippen molar-refractivity contribution in [2.45, 2.75) is 19.3 Å². The van der Waals surface area contributed by atoms with Gasteiger partial charge in [0.15, 0.2) is 0 Å². The number of hydrogen-bond acceptors (Lipinski definition) is 5. The Morgan fingerprint density at radius 1 is 1.20 bits per heavy atom. The molecule has 0 bridgehead atoms. The van der Waals surface area contributed by atoms with Crippen LogP contribution in [0, 0.1) is 10.1 Å². The summed E-state index contributed by atoms with van der Waals surface area (Å²) in [6.45, 7) is 1.25. The molecule has 0 spiro atoms. The molecule has 1 saturated heterocycles. The Morgan fingerprint density at radius 2 is 1.85 bits per heavy atom. The van der Waals surface area contributed by atoms with Gasteiger partial charge in [-0.2, -0.15) is 0 Å². The number of hydrogen-bond donors (Lipinski definition) is 2. The zero-order valence-electron chi connectivity index (χ0n) is 10.9. The van der Waals surface area contributed by atoms with Gasteiger partial charge in [-0.1, -0.05) is 0 Å². The van der Waals surface area contributed by atoms with Gasteiger partial charge >= 0.3 is 7.12 Å². The van der Waals surface area contributed by atoms with Crippen molar-refractivity contribution in [2.75, 3.05) is 13.1 Å². The van der Waals surface area contributed by atoms with E-state index in [-0.39, 0.29) is 22.6 Å². The number of rotatable bonds is 3. The summed E-state index contributed by atoms with van der Waals surface area (Å²) in [6.07, 6.45) is 2.89. The molecule has 0 atom stereocenters. The summed E-state index contributed by atoms with van der Waals surface area (Å²) < 4.78 is 0. The fourth-order valence-corrected chi connectivity index (χ4v) is 2.29. The highest BCUT2D eigenvalue weighted by Gasteiger charge is 2.23. The Balaban J connectivity index is 2.34. The first-order valence-corrected chi connectivity index (χ1v) is 6.44. The molecule has 2 rings (SSSR count). The molecular formula is C12H15BN2O5. The average Bonchev–Trinajstić information content (AvgIpc) is 2.46. The van der Waals surface area contributed by atoms with E-state index in [9.17, 15) is 14.9 Å². The highest BCUT2D eigenvalue weighted by atomic mass is 16.6. The Morgan fingerprint density at radius 3 is 2.40 bits per heavy atom. The largest absolute Gasteiger partial charge is 0.488 e. The number of piperidine rings is 1. The summed E-state index contributed by atoms with van der Waals surface area (Å²) in [5.41, 5.74) is -0.264. The van der Waals surface area contributed by atoms with Gasteiger partial charge in [0.1, 0.15) is 0 Å². The minimum Gasteiger partial charge on any atom is -0.423 e. The lowest BCUT2D eigenvalue weighted by atomic mass is 9.79. The first kappa shape index (κ1) is 14.5. The Labute approximate surface area is 116 Å². The molecule has 1 amide bonds. The van der Waals surface area contributed by atoms with Gasteiger partial charge in [0.25, 0.3) is 11.6 Å². The van der Waals surface area contributed by atoms with Crippen molar-refractivity contribution in [3.05, 3.63) is 33.9 Å². The quantitative estimate of drug-likeness (QED) is 0.456. The summed E-state index contributed by atoms with van der Waals surface area (Å²) in [5.74, 6) is -0.310. The van der Waals surface area contributed by atoms with E-state index in [1.54, 1.807) is 4.90 Å². The van der Waals surface area contributed by atoms with Crippen LogP contribution in [-0.4, -0.2) is 46.0 Å². The monoisotopic (exact) mass is 278 g/mol. The van der Waals surface area contributed by atoms with Gasteiger partial charge in [-0.15, -0.1) is 0 Å². The molecule has 0 radical (unpaired) electrons. The van der Waals surface area contributed by atoms with Crippen molar-refractivity contribution < 1.29 is 19.8 Å². The maximum absolute atomic E-state index is 12.3. The van der Waals surface area contributed by atoms with Gasteiger partial charge in [-0.05, 0) is 30.8 Å². The molecule has 1 heterocycles. The molecule has 2 N–H and O–H groups in total. The number of likely N-dealkylation sites (tertiary alicyclic amines) is 1. The first-order valence-electron chi connectivity index (χ1n) is 6.44. The molecule has 0 unspecified atom stereocenters. The minimum atomic E-state index is -1.84. The Bertz CT molecular complexity index is 529. The van der Waals surface area contributed by atoms with Crippen LogP contribution >= 0.6 is 0 Å². The molecule has 1 aromatic carbocycles. The summed E-state index contributed by atoms with van der Waals surface area (Å²) in [5, 5.41) is 29.2. The number of nitrogens with zero attached hydrogens (tertiary/aromatic N) is 2. The molecule has 1 aliphatic rings. The van der Waals surface area contributed by atoms with Crippen molar-refractivity contribution in [3.8, 4) is 0 Å². The van der Waals surface area contributed by atoms with Crippen LogP contribution in [-0.2, 0) is 0 Å². The van der Waals surface area contributed by atoms with E-state index in [0.29, 0.717) is 13.1 Å². The van der Waals surface area contributed by atoms with E-state index < -0.39 is 12.0 Å².